The maximum atomic E-state index is 12.1. The Bertz CT molecular complexity index is 412. The molecule has 1 aliphatic rings. The normalized spacial score (nSPS) is 25.1. The molecule has 0 spiro atoms. The number of nitrogens with two attached hydrogens (primary N) is 1. The Morgan fingerprint density at radius 1 is 1.45 bits per heavy atom. The number of amides is 3. The van der Waals surface area contributed by atoms with Crippen molar-refractivity contribution in [3.63, 3.8) is 0 Å². The van der Waals surface area contributed by atoms with E-state index in [1.165, 1.54) is 4.90 Å². The van der Waals surface area contributed by atoms with Crippen LogP contribution in [0.3, 0.4) is 0 Å². The molecule has 7 heteroatoms. The van der Waals surface area contributed by atoms with Crippen molar-refractivity contribution in [2.45, 2.75) is 39.7 Å². The molecule has 1 fully saturated rings. The maximum absolute atomic E-state index is 12.1. The zero-order chi connectivity index (χ0) is 15.5. The second-order valence-corrected chi connectivity index (χ2v) is 5.75. The summed E-state index contributed by atoms with van der Waals surface area (Å²) in [7, 11) is 0. The highest BCUT2D eigenvalue weighted by Gasteiger charge is 2.41. The molecule has 20 heavy (non-hydrogen) atoms. The smallest absolute Gasteiger partial charge is 0.326 e. The Morgan fingerprint density at radius 2 is 2.05 bits per heavy atom. The van der Waals surface area contributed by atoms with Gasteiger partial charge in [0.25, 0.3) is 0 Å². The Labute approximate surface area is 118 Å². The first-order valence-electron chi connectivity index (χ1n) is 6.79. The van der Waals surface area contributed by atoms with E-state index in [0.29, 0.717) is 19.4 Å². The number of hydrogen-bond acceptors (Lipinski definition) is 3. The van der Waals surface area contributed by atoms with Crippen molar-refractivity contribution < 1.29 is 19.5 Å². The number of carboxylic acids is 1. The van der Waals surface area contributed by atoms with E-state index in [0.717, 1.165) is 0 Å². The SMILES string of the molecule is CCC(C)C(NC(=O)N1CCC(C)(C(N)=O)C1)C(=O)O. The largest absolute Gasteiger partial charge is 0.480 e. The fraction of sp³-hybridized carbons (Fsp3) is 0.769. The molecular weight excluding hydrogens is 262 g/mol. The van der Waals surface area contributed by atoms with Gasteiger partial charge < -0.3 is 21.1 Å². The molecule has 7 nitrogen and oxygen atoms in total. The van der Waals surface area contributed by atoms with Crippen LogP contribution in [0.1, 0.15) is 33.6 Å². The molecule has 0 bridgehead atoms. The van der Waals surface area contributed by atoms with Crippen LogP contribution >= 0.6 is 0 Å². The average molecular weight is 285 g/mol. The van der Waals surface area contributed by atoms with Gasteiger partial charge in [0, 0.05) is 13.1 Å². The van der Waals surface area contributed by atoms with Crippen LogP contribution in [-0.4, -0.2) is 47.0 Å². The fourth-order valence-electron chi connectivity index (χ4n) is 2.24. The summed E-state index contributed by atoms with van der Waals surface area (Å²) in [5.41, 5.74) is 4.59. The molecule has 0 saturated carbocycles. The van der Waals surface area contributed by atoms with E-state index in [4.69, 9.17) is 10.8 Å². The third-order valence-electron chi connectivity index (χ3n) is 4.11. The molecule has 0 aromatic rings. The monoisotopic (exact) mass is 285 g/mol. The quantitative estimate of drug-likeness (QED) is 0.678. The van der Waals surface area contributed by atoms with E-state index in [1.807, 2.05) is 6.92 Å². The van der Waals surface area contributed by atoms with E-state index >= 15 is 0 Å². The van der Waals surface area contributed by atoms with E-state index in [1.54, 1.807) is 13.8 Å². The summed E-state index contributed by atoms with van der Waals surface area (Å²) < 4.78 is 0. The van der Waals surface area contributed by atoms with Crippen LogP contribution in [0.5, 0.6) is 0 Å². The molecule has 0 aromatic heterocycles. The predicted octanol–water partition coefficient (Wildman–Crippen LogP) is 0.393. The van der Waals surface area contributed by atoms with Gasteiger partial charge in [-0.2, -0.15) is 0 Å². The standard InChI is InChI=1S/C13H23N3O4/c1-4-8(2)9(10(17)18)15-12(20)16-6-5-13(3,7-16)11(14)19/h8-9H,4-7H2,1-3H3,(H2,14,19)(H,15,20)(H,17,18). The van der Waals surface area contributed by atoms with Crippen molar-refractivity contribution in [1.82, 2.24) is 10.2 Å². The first kappa shape index (κ1) is 16.3. The molecule has 3 atom stereocenters. The molecule has 1 saturated heterocycles. The number of nitrogens with zero attached hydrogens (tertiary/aromatic N) is 1. The molecule has 1 aliphatic heterocycles. The maximum Gasteiger partial charge on any atom is 0.326 e. The molecular formula is C13H23N3O4. The zero-order valence-electron chi connectivity index (χ0n) is 12.2. The first-order valence-corrected chi connectivity index (χ1v) is 6.79. The van der Waals surface area contributed by atoms with Crippen molar-refractivity contribution in [3.8, 4) is 0 Å². The van der Waals surface area contributed by atoms with Crippen molar-refractivity contribution in [3.05, 3.63) is 0 Å². The lowest BCUT2D eigenvalue weighted by Gasteiger charge is -2.25. The summed E-state index contributed by atoms with van der Waals surface area (Å²) in [4.78, 5) is 36.1. The van der Waals surface area contributed by atoms with Crippen LogP contribution in [0.2, 0.25) is 0 Å². The molecule has 0 aliphatic carbocycles. The third kappa shape index (κ3) is 3.40. The van der Waals surface area contributed by atoms with Gasteiger partial charge in [0.15, 0.2) is 0 Å². The second kappa shape index (κ2) is 6.11. The average Bonchev–Trinajstić information content (AvgIpc) is 2.78. The van der Waals surface area contributed by atoms with Crippen LogP contribution in [0.4, 0.5) is 4.79 Å². The van der Waals surface area contributed by atoms with Gasteiger partial charge in [0.05, 0.1) is 5.41 Å². The molecule has 3 unspecified atom stereocenters. The van der Waals surface area contributed by atoms with Crippen LogP contribution in [0.15, 0.2) is 0 Å². The summed E-state index contributed by atoms with van der Waals surface area (Å²) in [6.07, 6.45) is 1.15. The van der Waals surface area contributed by atoms with Crippen LogP contribution in [0.25, 0.3) is 0 Å². The molecule has 4 N–H and O–H groups in total. The molecule has 114 valence electrons. The van der Waals surface area contributed by atoms with E-state index in [-0.39, 0.29) is 12.5 Å². The van der Waals surface area contributed by atoms with Gasteiger partial charge in [-0.25, -0.2) is 9.59 Å². The summed E-state index contributed by atoms with van der Waals surface area (Å²) in [5.74, 6) is -1.66. The van der Waals surface area contributed by atoms with E-state index in [9.17, 15) is 14.4 Å². The highest BCUT2D eigenvalue weighted by Crippen LogP contribution is 2.29. The summed E-state index contributed by atoms with van der Waals surface area (Å²) in [5, 5.41) is 11.7. The lowest BCUT2D eigenvalue weighted by Crippen LogP contribution is -2.50. The van der Waals surface area contributed by atoms with Crippen LogP contribution < -0.4 is 11.1 Å². The highest BCUT2D eigenvalue weighted by molar-refractivity contribution is 5.85. The number of aliphatic carboxylic acids is 1. The van der Waals surface area contributed by atoms with Gasteiger partial charge in [0.1, 0.15) is 6.04 Å². The first-order chi connectivity index (χ1) is 9.21. The molecule has 3 amide bonds. The van der Waals surface area contributed by atoms with Crippen LogP contribution in [-0.2, 0) is 9.59 Å². The number of primary amides is 1. The number of carbonyl (C=O) groups excluding carboxylic acids is 2. The molecule has 1 rings (SSSR count). The Kier molecular flexibility index (Phi) is 4.97. The van der Waals surface area contributed by atoms with Gasteiger partial charge in [-0.3, -0.25) is 4.79 Å². The fourth-order valence-corrected chi connectivity index (χ4v) is 2.24. The number of hydrogen-bond donors (Lipinski definition) is 3. The number of nitrogens with one attached hydrogen (secondary N) is 1. The van der Waals surface area contributed by atoms with E-state index < -0.39 is 29.4 Å². The van der Waals surface area contributed by atoms with Gasteiger partial charge in [-0.1, -0.05) is 20.3 Å². The number of carboxylic acid groups (broad SMARTS) is 1. The van der Waals surface area contributed by atoms with Crippen molar-refractivity contribution in [1.29, 1.82) is 0 Å². The summed E-state index contributed by atoms with van der Waals surface area (Å²) in [6.45, 7) is 5.98. The molecule has 1 heterocycles. The predicted molar refractivity (Wildman–Crippen MR) is 72.9 cm³/mol. The molecule has 0 aromatic carbocycles. The van der Waals surface area contributed by atoms with Crippen molar-refractivity contribution >= 4 is 17.9 Å². The summed E-state index contributed by atoms with van der Waals surface area (Å²) in [6, 6.07) is -1.38. The number of rotatable bonds is 5. The lowest BCUT2D eigenvalue weighted by molar-refractivity contribution is -0.140. The van der Waals surface area contributed by atoms with Crippen LogP contribution in [0, 0.1) is 11.3 Å². The topological polar surface area (TPSA) is 113 Å². The van der Waals surface area contributed by atoms with Gasteiger partial charge >= 0.3 is 12.0 Å². The number of carbonyl (C=O) groups is 3. The Morgan fingerprint density at radius 3 is 2.45 bits per heavy atom. The number of urea groups is 1. The zero-order valence-corrected chi connectivity index (χ0v) is 12.2. The Balaban J connectivity index is 2.68. The summed E-state index contributed by atoms with van der Waals surface area (Å²) >= 11 is 0. The second-order valence-electron chi connectivity index (χ2n) is 5.75. The third-order valence-corrected chi connectivity index (χ3v) is 4.11. The Hall–Kier alpha value is -1.79. The van der Waals surface area contributed by atoms with Crippen molar-refractivity contribution in [2.75, 3.05) is 13.1 Å². The number of likely N-dealkylation sites (tertiary alicyclic amines) is 1. The lowest BCUT2D eigenvalue weighted by atomic mass is 9.89. The highest BCUT2D eigenvalue weighted by atomic mass is 16.4. The van der Waals surface area contributed by atoms with Gasteiger partial charge in [0.2, 0.25) is 5.91 Å². The molecule has 0 radical (unpaired) electrons. The minimum absolute atomic E-state index is 0.165. The minimum Gasteiger partial charge on any atom is -0.480 e. The van der Waals surface area contributed by atoms with Gasteiger partial charge in [-0.15, -0.1) is 0 Å². The van der Waals surface area contributed by atoms with Gasteiger partial charge in [-0.05, 0) is 19.3 Å². The van der Waals surface area contributed by atoms with E-state index in [2.05, 4.69) is 5.32 Å². The van der Waals surface area contributed by atoms with Crippen molar-refractivity contribution in [2.24, 2.45) is 17.1 Å². The minimum atomic E-state index is -1.05.